The van der Waals surface area contributed by atoms with Crippen LogP contribution in [0.2, 0.25) is 5.02 Å². The van der Waals surface area contributed by atoms with Crippen molar-refractivity contribution in [3.05, 3.63) is 34.9 Å². The number of aliphatic hydroxyl groups excluding tert-OH is 1. The van der Waals surface area contributed by atoms with E-state index in [9.17, 15) is 9.90 Å². The third-order valence-electron chi connectivity index (χ3n) is 4.16. The number of hydrogen-bond acceptors (Lipinski definition) is 2. The Morgan fingerprint density at radius 2 is 2.05 bits per heavy atom. The molecule has 22 heavy (non-hydrogen) atoms. The van der Waals surface area contributed by atoms with Gasteiger partial charge < -0.3 is 15.3 Å². The summed E-state index contributed by atoms with van der Waals surface area (Å²) in [6, 6.07) is 7.23. The first-order valence-corrected chi connectivity index (χ1v) is 8.22. The van der Waals surface area contributed by atoms with E-state index < -0.39 is 6.10 Å². The van der Waals surface area contributed by atoms with Gasteiger partial charge in [-0.15, -0.1) is 0 Å². The Bertz CT molecular complexity index is 517. The van der Waals surface area contributed by atoms with Crippen molar-refractivity contribution in [3.8, 4) is 0 Å². The summed E-state index contributed by atoms with van der Waals surface area (Å²) in [7, 11) is 1.71. The molecule has 1 fully saturated rings. The van der Waals surface area contributed by atoms with Gasteiger partial charge in [0, 0.05) is 18.6 Å². The number of carbonyl (C=O) groups excluding carboxylic acids is 1. The number of carbonyl (C=O) groups is 1. The Morgan fingerprint density at radius 1 is 1.41 bits per heavy atom. The van der Waals surface area contributed by atoms with Gasteiger partial charge >= 0.3 is 6.03 Å². The minimum atomic E-state index is -0.423. The van der Waals surface area contributed by atoms with E-state index in [4.69, 9.17) is 11.6 Å². The van der Waals surface area contributed by atoms with E-state index in [1.54, 1.807) is 11.9 Å². The second-order valence-electron chi connectivity index (χ2n) is 6.48. The fourth-order valence-corrected chi connectivity index (χ4v) is 2.82. The smallest absolute Gasteiger partial charge is 0.317 e. The highest BCUT2D eigenvalue weighted by molar-refractivity contribution is 6.31. The van der Waals surface area contributed by atoms with Crippen molar-refractivity contribution >= 4 is 17.6 Å². The monoisotopic (exact) mass is 324 g/mol. The molecule has 2 rings (SSSR count). The molecule has 5 heteroatoms. The molecule has 2 amide bonds. The summed E-state index contributed by atoms with van der Waals surface area (Å²) in [6.45, 7) is 4.46. The summed E-state index contributed by atoms with van der Waals surface area (Å²) < 4.78 is 0. The summed E-state index contributed by atoms with van der Waals surface area (Å²) >= 11 is 6.26. The highest BCUT2D eigenvalue weighted by Gasteiger charge is 2.31. The molecule has 0 radical (unpaired) electrons. The van der Waals surface area contributed by atoms with Crippen LogP contribution in [-0.4, -0.2) is 35.7 Å². The van der Waals surface area contributed by atoms with E-state index in [0.29, 0.717) is 17.5 Å². The molecule has 2 unspecified atom stereocenters. The second kappa shape index (κ2) is 7.34. The summed E-state index contributed by atoms with van der Waals surface area (Å²) in [5.74, 6) is 0.574. The van der Waals surface area contributed by atoms with Crippen molar-refractivity contribution in [2.75, 3.05) is 13.6 Å². The van der Waals surface area contributed by atoms with Crippen LogP contribution in [0.25, 0.3) is 0 Å². The third kappa shape index (κ3) is 4.37. The highest BCUT2D eigenvalue weighted by Crippen LogP contribution is 2.33. The predicted molar refractivity (Wildman–Crippen MR) is 88.9 cm³/mol. The third-order valence-corrected chi connectivity index (χ3v) is 4.50. The first-order valence-electron chi connectivity index (χ1n) is 7.84. The normalized spacial score (nSPS) is 17.2. The van der Waals surface area contributed by atoms with E-state index >= 15 is 0 Å². The summed E-state index contributed by atoms with van der Waals surface area (Å²) in [4.78, 5) is 13.9. The number of nitrogens with zero attached hydrogens (tertiary/aromatic N) is 1. The average Bonchev–Trinajstić information content (AvgIpc) is 3.29. The quantitative estimate of drug-likeness (QED) is 0.842. The predicted octanol–water partition coefficient (Wildman–Crippen LogP) is 3.45. The van der Waals surface area contributed by atoms with Gasteiger partial charge in [0.1, 0.15) is 0 Å². The number of hydrogen-bond donors (Lipinski definition) is 2. The highest BCUT2D eigenvalue weighted by atomic mass is 35.5. The topological polar surface area (TPSA) is 52.6 Å². The molecule has 2 atom stereocenters. The number of halogens is 1. The second-order valence-corrected chi connectivity index (χ2v) is 6.89. The molecule has 0 bridgehead atoms. The largest absolute Gasteiger partial charge is 0.391 e. The molecule has 1 aromatic rings. The minimum Gasteiger partial charge on any atom is -0.391 e. The van der Waals surface area contributed by atoms with Crippen molar-refractivity contribution in [1.29, 1.82) is 0 Å². The van der Waals surface area contributed by atoms with Gasteiger partial charge in [0.2, 0.25) is 0 Å². The maximum Gasteiger partial charge on any atom is 0.317 e. The molecule has 1 aromatic carbocycles. The van der Waals surface area contributed by atoms with Crippen molar-refractivity contribution in [3.63, 3.8) is 0 Å². The van der Waals surface area contributed by atoms with E-state index in [0.717, 1.165) is 18.4 Å². The molecule has 0 aromatic heterocycles. The van der Waals surface area contributed by atoms with Crippen molar-refractivity contribution < 1.29 is 9.90 Å². The lowest BCUT2D eigenvalue weighted by atomic mass is 9.96. The molecule has 4 nitrogen and oxygen atoms in total. The van der Waals surface area contributed by atoms with Crippen LogP contribution in [0.1, 0.15) is 38.3 Å². The molecule has 0 saturated heterocycles. The molecule has 0 heterocycles. The molecule has 0 aliphatic heterocycles. The van der Waals surface area contributed by atoms with Gasteiger partial charge in [-0.25, -0.2) is 4.79 Å². The Hall–Kier alpha value is -1.26. The van der Waals surface area contributed by atoms with Crippen molar-refractivity contribution in [2.24, 2.45) is 11.8 Å². The van der Waals surface area contributed by atoms with Crippen LogP contribution in [-0.2, 0) is 0 Å². The number of likely N-dealkylation sites (N-methyl/N-ethyl adjacent to an activating group) is 1. The lowest BCUT2D eigenvalue weighted by molar-refractivity contribution is 0.112. The standard InChI is InChI=1S/C17H25ClN2O2/c1-11(2)16(13-6-4-5-7-14(13)18)19-17(22)20(3)10-15(21)12-8-9-12/h4-7,11-12,15-16,21H,8-10H2,1-3H3,(H,19,22). The van der Waals surface area contributed by atoms with E-state index in [2.05, 4.69) is 5.32 Å². The Balaban J connectivity index is 2.01. The van der Waals surface area contributed by atoms with Gasteiger partial charge in [0.15, 0.2) is 0 Å². The zero-order valence-electron chi connectivity index (χ0n) is 13.4. The van der Waals surface area contributed by atoms with Gasteiger partial charge in [-0.1, -0.05) is 43.6 Å². The molecule has 1 aliphatic rings. The van der Waals surface area contributed by atoms with Gasteiger partial charge in [-0.05, 0) is 36.3 Å². The molecule has 0 spiro atoms. The van der Waals surface area contributed by atoms with Gasteiger partial charge in [-0.3, -0.25) is 0 Å². The number of urea groups is 1. The summed E-state index contributed by atoms with van der Waals surface area (Å²) in [5, 5.41) is 13.7. The van der Waals surface area contributed by atoms with Crippen molar-refractivity contribution in [2.45, 2.75) is 38.8 Å². The van der Waals surface area contributed by atoms with E-state index in [1.807, 2.05) is 38.1 Å². The lowest BCUT2D eigenvalue weighted by Gasteiger charge is -2.28. The SMILES string of the molecule is CC(C)C(NC(=O)N(C)CC(O)C1CC1)c1ccccc1Cl. The first kappa shape index (κ1) is 17.1. The average molecular weight is 325 g/mol. The summed E-state index contributed by atoms with van der Waals surface area (Å²) in [6.07, 6.45) is 1.70. The van der Waals surface area contributed by atoms with Crippen LogP contribution in [0.15, 0.2) is 24.3 Å². The zero-order chi connectivity index (χ0) is 16.3. The fraction of sp³-hybridized carbons (Fsp3) is 0.588. The number of benzene rings is 1. The number of rotatable bonds is 6. The molecular weight excluding hydrogens is 300 g/mol. The maximum atomic E-state index is 12.4. The lowest BCUT2D eigenvalue weighted by Crippen LogP contribution is -2.44. The van der Waals surface area contributed by atoms with E-state index in [-0.39, 0.29) is 18.0 Å². The van der Waals surface area contributed by atoms with Crippen LogP contribution in [0.3, 0.4) is 0 Å². The fourth-order valence-electron chi connectivity index (χ4n) is 2.57. The number of aliphatic hydroxyl groups is 1. The van der Waals surface area contributed by atoms with Gasteiger partial charge in [0.25, 0.3) is 0 Å². The number of nitrogens with one attached hydrogen (secondary N) is 1. The molecular formula is C17H25ClN2O2. The minimum absolute atomic E-state index is 0.151. The van der Waals surface area contributed by atoms with Crippen LogP contribution in [0.5, 0.6) is 0 Å². The van der Waals surface area contributed by atoms with Crippen LogP contribution in [0.4, 0.5) is 4.79 Å². The Labute approximate surface area is 137 Å². The Kier molecular flexibility index (Phi) is 5.70. The molecule has 122 valence electrons. The Morgan fingerprint density at radius 3 is 2.59 bits per heavy atom. The van der Waals surface area contributed by atoms with Crippen LogP contribution in [0, 0.1) is 11.8 Å². The van der Waals surface area contributed by atoms with Crippen LogP contribution >= 0.6 is 11.6 Å². The molecule has 1 saturated carbocycles. The summed E-state index contributed by atoms with van der Waals surface area (Å²) in [5.41, 5.74) is 0.920. The molecule has 2 N–H and O–H groups in total. The zero-order valence-corrected chi connectivity index (χ0v) is 14.2. The maximum absolute atomic E-state index is 12.4. The molecule has 1 aliphatic carbocycles. The first-order chi connectivity index (χ1) is 10.4. The van der Waals surface area contributed by atoms with Crippen molar-refractivity contribution in [1.82, 2.24) is 10.2 Å². The van der Waals surface area contributed by atoms with E-state index in [1.165, 1.54) is 0 Å². The van der Waals surface area contributed by atoms with Crippen LogP contribution < -0.4 is 5.32 Å². The number of amides is 2. The van der Waals surface area contributed by atoms with Gasteiger partial charge in [-0.2, -0.15) is 0 Å². The van der Waals surface area contributed by atoms with Gasteiger partial charge in [0.05, 0.1) is 12.1 Å².